The minimum atomic E-state index is -0.903. The third kappa shape index (κ3) is 4.17. The number of rotatable bonds is 6. The van der Waals surface area contributed by atoms with Crippen molar-refractivity contribution in [2.45, 2.75) is 30.5 Å². The first-order valence-corrected chi connectivity index (χ1v) is 9.11. The summed E-state index contributed by atoms with van der Waals surface area (Å²) in [5.74, 6) is 0.612. The average Bonchev–Trinajstić information content (AvgIpc) is 2.92. The molecule has 0 radical (unpaired) electrons. The van der Waals surface area contributed by atoms with Crippen molar-refractivity contribution in [1.29, 1.82) is 0 Å². The molecular formula is C15H19NO3S2. The number of hydrogen-bond acceptors (Lipinski definition) is 4. The van der Waals surface area contributed by atoms with Gasteiger partial charge in [0.15, 0.2) is 0 Å². The number of benzene rings is 1. The molecule has 1 fully saturated rings. The predicted molar refractivity (Wildman–Crippen MR) is 87.4 cm³/mol. The molecule has 1 aliphatic heterocycles. The Morgan fingerprint density at radius 1 is 1.38 bits per heavy atom. The molecule has 2 unspecified atom stereocenters. The van der Waals surface area contributed by atoms with Gasteiger partial charge in [0.1, 0.15) is 6.04 Å². The van der Waals surface area contributed by atoms with E-state index in [1.807, 2.05) is 37.3 Å². The van der Waals surface area contributed by atoms with E-state index in [0.29, 0.717) is 11.5 Å². The number of aliphatic carboxylic acids is 1. The van der Waals surface area contributed by atoms with Gasteiger partial charge in [-0.05, 0) is 12.0 Å². The van der Waals surface area contributed by atoms with E-state index in [1.54, 1.807) is 16.7 Å². The molecule has 21 heavy (non-hydrogen) atoms. The summed E-state index contributed by atoms with van der Waals surface area (Å²) >= 11 is 3.09. The van der Waals surface area contributed by atoms with E-state index >= 15 is 0 Å². The molecule has 1 aromatic carbocycles. The van der Waals surface area contributed by atoms with Gasteiger partial charge in [0, 0.05) is 11.5 Å². The first-order chi connectivity index (χ1) is 10.1. The summed E-state index contributed by atoms with van der Waals surface area (Å²) < 4.78 is 0. The molecule has 1 N–H and O–H groups in total. The molecule has 0 aromatic heterocycles. The summed E-state index contributed by atoms with van der Waals surface area (Å²) in [4.78, 5) is 25.2. The molecule has 0 spiro atoms. The Labute approximate surface area is 133 Å². The van der Waals surface area contributed by atoms with Crippen molar-refractivity contribution in [3.8, 4) is 0 Å². The van der Waals surface area contributed by atoms with E-state index < -0.39 is 12.0 Å². The number of thioether (sulfide) groups is 2. The molecule has 1 aromatic rings. The lowest BCUT2D eigenvalue weighted by molar-refractivity contribution is -0.148. The highest BCUT2D eigenvalue weighted by Gasteiger charge is 2.40. The number of hydrogen-bond donors (Lipinski definition) is 1. The molecule has 2 atom stereocenters. The van der Waals surface area contributed by atoms with Crippen molar-refractivity contribution in [2.75, 3.05) is 11.5 Å². The van der Waals surface area contributed by atoms with E-state index in [0.717, 1.165) is 12.2 Å². The van der Waals surface area contributed by atoms with E-state index in [2.05, 4.69) is 0 Å². The van der Waals surface area contributed by atoms with Crippen LogP contribution in [0.25, 0.3) is 0 Å². The van der Waals surface area contributed by atoms with E-state index in [-0.39, 0.29) is 11.3 Å². The highest BCUT2D eigenvalue weighted by atomic mass is 32.2. The Kier molecular flexibility index (Phi) is 5.99. The van der Waals surface area contributed by atoms with Crippen LogP contribution in [0, 0.1) is 0 Å². The van der Waals surface area contributed by atoms with Crippen LogP contribution in [-0.4, -0.2) is 44.8 Å². The van der Waals surface area contributed by atoms with E-state index in [4.69, 9.17) is 0 Å². The maximum Gasteiger partial charge on any atom is 0.327 e. The minimum Gasteiger partial charge on any atom is -0.480 e. The van der Waals surface area contributed by atoms with Gasteiger partial charge in [0.25, 0.3) is 0 Å². The zero-order valence-corrected chi connectivity index (χ0v) is 13.5. The third-order valence-corrected chi connectivity index (χ3v) is 5.79. The quantitative estimate of drug-likeness (QED) is 0.871. The summed E-state index contributed by atoms with van der Waals surface area (Å²) in [6.07, 6.45) is 0.781. The van der Waals surface area contributed by atoms with Crippen molar-refractivity contribution >= 4 is 35.4 Å². The van der Waals surface area contributed by atoms with Gasteiger partial charge in [-0.25, -0.2) is 4.79 Å². The minimum absolute atomic E-state index is 0.00377. The third-order valence-electron chi connectivity index (χ3n) is 3.35. The van der Waals surface area contributed by atoms with Crippen molar-refractivity contribution in [1.82, 2.24) is 4.90 Å². The molecule has 6 heteroatoms. The largest absolute Gasteiger partial charge is 0.480 e. The predicted octanol–water partition coefficient (Wildman–Crippen LogP) is 2.68. The number of nitrogens with zero attached hydrogens (tertiary/aromatic N) is 1. The smallest absolute Gasteiger partial charge is 0.327 e. The van der Waals surface area contributed by atoms with Crippen LogP contribution >= 0.6 is 23.5 Å². The van der Waals surface area contributed by atoms with Gasteiger partial charge in [0.05, 0.1) is 11.1 Å². The fraction of sp³-hybridized carbons (Fsp3) is 0.467. The Balaban J connectivity index is 1.90. The Morgan fingerprint density at radius 2 is 2.10 bits per heavy atom. The highest BCUT2D eigenvalue weighted by molar-refractivity contribution is 8.00. The molecule has 0 aliphatic carbocycles. The van der Waals surface area contributed by atoms with Gasteiger partial charge in [-0.15, -0.1) is 23.5 Å². The number of carbonyl (C=O) groups excluding carboxylic acids is 1. The fourth-order valence-corrected chi connectivity index (χ4v) is 4.53. The number of carbonyl (C=O) groups is 2. The number of carboxylic acids is 1. The summed E-state index contributed by atoms with van der Waals surface area (Å²) in [5.41, 5.74) is 1.17. The lowest BCUT2D eigenvalue weighted by Gasteiger charge is -2.26. The van der Waals surface area contributed by atoms with Crippen LogP contribution in [0.1, 0.15) is 18.9 Å². The van der Waals surface area contributed by atoms with Crippen LogP contribution in [0.15, 0.2) is 30.3 Å². The molecule has 1 heterocycles. The molecule has 114 valence electrons. The average molecular weight is 325 g/mol. The van der Waals surface area contributed by atoms with E-state index in [1.165, 1.54) is 17.3 Å². The van der Waals surface area contributed by atoms with Crippen molar-refractivity contribution < 1.29 is 14.7 Å². The van der Waals surface area contributed by atoms with Crippen LogP contribution in [0.4, 0.5) is 0 Å². The fourth-order valence-electron chi connectivity index (χ4n) is 2.31. The number of amides is 1. The monoisotopic (exact) mass is 325 g/mol. The van der Waals surface area contributed by atoms with Crippen LogP contribution in [0.5, 0.6) is 0 Å². The van der Waals surface area contributed by atoms with Crippen LogP contribution in [-0.2, 0) is 15.3 Å². The van der Waals surface area contributed by atoms with Crippen molar-refractivity contribution in [3.05, 3.63) is 35.9 Å². The lowest BCUT2D eigenvalue weighted by Crippen LogP contribution is -2.46. The molecule has 1 amide bonds. The first-order valence-electron chi connectivity index (χ1n) is 6.90. The summed E-state index contributed by atoms with van der Waals surface area (Å²) in [6.45, 7) is 1.99. The summed E-state index contributed by atoms with van der Waals surface area (Å²) in [6, 6.07) is 9.29. The Hall–Kier alpha value is -1.14. The van der Waals surface area contributed by atoms with Crippen LogP contribution < -0.4 is 0 Å². The standard InChI is InChI=1S/C15H19NO3S2/c1-2-14-16(12(9-21-14)15(18)19)13(17)10-20-8-11-6-4-3-5-7-11/h3-7,12,14H,2,8-10H2,1H3,(H,18,19). The highest BCUT2D eigenvalue weighted by Crippen LogP contribution is 2.32. The second-order valence-corrected chi connectivity index (χ2v) is 7.03. The molecule has 1 aliphatic rings. The van der Waals surface area contributed by atoms with Gasteiger partial charge >= 0.3 is 5.97 Å². The second kappa shape index (κ2) is 7.75. The summed E-state index contributed by atoms with van der Waals surface area (Å²) in [7, 11) is 0. The number of carboxylic acid groups (broad SMARTS) is 1. The van der Waals surface area contributed by atoms with E-state index in [9.17, 15) is 14.7 Å². The van der Waals surface area contributed by atoms with Gasteiger partial charge in [-0.1, -0.05) is 37.3 Å². The zero-order valence-electron chi connectivity index (χ0n) is 11.9. The van der Waals surface area contributed by atoms with Gasteiger partial charge < -0.3 is 10.0 Å². The second-order valence-electron chi connectivity index (χ2n) is 4.83. The molecule has 1 saturated heterocycles. The Morgan fingerprint density at radius 3 is 2.71 bits per heavy atom. The SMILES string of the molecule is CCC1SCC(C(=O)O)N1C(=O)CSCc1ccccc1. The van der Waals surface area contributed by atoms with Gasteiger partial charge in [-0.2, -0.15) is 0 Å². The van der Waals surface area contributed by atoms with Crippen molar-refractivity contribution in [2.24, 2.45) is 0 Å². The van der Waals surface area contributed by atoms with Gasteiger partial charge in [-0.3, -0.25) is 4.79 Å². The topological polar surface area (TPSA) is 57.6 Å². The summed E-state index contributed by atoms with van der Waals surface area (Å²) in [5, 5.41) is 9.23. The molecule has 4 nitrogen and oxygen atoms in total. The molecular weight excluding hydrogens is 306 g/mol. The molecule has 0 bridgehead atoms. The molecule has 0 saturated carbocycles. The maximum atomic E-state index is 12.3. The van der Waals surface area contributed by atoms with Crippen LogP contribution in [0.2, 0.25) is 0 Å². The zero-order chi connectivity index (χ0) is 15.2. The maximum absolute atomic E-state index is 12.3. The van der Waals surface area contributed by atoms with Gasteiger partial charge in [0.2, 0.25) is 5.91 Å². The Bertz CT molecular complexity index is 495. The van der Waals surface area contributed by atoms with Crippen LogP contribution in [0.3, 0.4) is 0 Å². The lowest BCUT2D eigenvalue weighted by atomic mass is 10.2. The molecule has 2 rings (SSSR count). The van der Waals surface area contributed by atoms with Crippen molar-refractivity contribution in [3.63, 3.8) is 0 Å². The normalized spacial score (nSPS) is 21.5. The first kappa shape index (κ1) is 16.2.